The lowest BCUT2D eigenvalue weighted by Gasteiger charge is -2.19. The minimum Gasteiger partial charge on any atom is -0.397 e. The number of aromatic nitrogens is 1. The van der Waals surface area contributed by atoms with Crippen molar-refractivity contribution in [3.63, 3.8) is 0 Å². The van der Waals surface area contributed by atoms with Gasteiger partial charge in [-0.15, -0.1) is 0 Å². The monoisotopic (exact) mass is 373 g/mol. The number of benzene rings is 1. The van der Waals surface area contributed by atoms with Crippen molar-refractivity contribution in [3.8, 4) is 6.07 Å². The van der Waals surface area contributed by atoms with Crippen LogP contribution in [0, 0.1) is 11.3 Å². The van der Waals surface area contributed by atoms with Crippen LogP contribution in [0.1, 0.15) is 12.0 Å². The minimum absolute atomic E-state index is 0.0202. The zero-order chi connectivity index (χ0) is 19.6. The summed E-state index contributed by atoms with van der Waals surface area (Å²) in [4.78, 5) is 29.3. The van der Waals surface area contributed by atoms with E-state index in [-0.39, 0.29) is 6.42 Å². The Morgan fingerprint density at radius 2 is 2.19 bits per heavy atom. The molecule has 1 atom stereocenters. The molecule has 2 amide bonds. The SMILES string of the molecule is N#C[C@@H]1CC(F)(F)CN1C(=O)CNC(=O)Cc1ccnc2c(N)cccc12. The fourth-order valence-corrected chi connectivity index (χ4v) is 3.12. The molecule has 1 aromatic carbocycles. The van der Waals surface area contributed by atoms with E-state index in [0.717, 1.165) is 10.3 Å². The topological polar surface area (TPSA) is 112 Å². The van der Waals surface area contributed by atoms with Gasteiger partial charge >= 0.3 is 0 Å². The highest BCUT2D eigenvalue weighted by atomic mass is 19.3. The number of carbonyl (C=O) groups is 2. The van der Waals surface area contributed by atoms with Gasteiger partial charge in [-0.2, -0.15) is 5.26 Å². The smallest absolute Gasteiger partial charge is 0.268 e. The molecule has 3 N–H and O–H groups in total. The molecule has 1 fully saturated rings. The Morgan fingerprint density at radius 3 is 2.93 bits per heavy atom. The van der Waals surface area contributed by atoms with Gasteiger partial charge in [0, 0.05) is 18.0 Å². The molecule has 1 saturated heterocycles. The molecule has 0 aliphatic carbocycles. The molecule has 27 heavy (non-hydrogen) atoms. The van der Waals surface area contributed by atoms with Gasteiger partial charge in [-0.25, -0.2) is 8.78 Å². The number of hydrogen-bond acceptors (Lipinski definition) is 5. The summed E-state index contributed by atoms with van der Waals surface area (Å²) in [5, 5.41) is 12.1. The molecule has 1 aromatic heterocycles. The molecule has 0 radical (unpaired) electrons. The first-order valence-corrected chi connectivity index (χ1v) is 8.26. The number of likely N-dealkylation sites (tertiary alicyclic amines) is 1. The number of fused-ring (bicyclic) bond motifs is 1. The van der Waals surface area contributed by atoms with E-state index in [1.807, 2.05) is 0 Å². The number of nitriles is 1. The van der Waals surface area contributed by atoms with Gasteiger partial charge in [0.15, 0.2) is 0 Å². The number of rotatable bonds is 4. The minimum atomic E-state index is -3.09. The van der Waals surface area contributed by atoms with Gasteiger partial charge in [0.1, 0.15) is 6.04 Å². The Bertz CT molecular complexity index is 941. The van der Waals surface area contributed by atoms with Crippen LogP contribution in [0.25, 0.3) is 10.9 Å². The molecule has 0 unspecified atom stereocenters. The summed E-state index contributed by atoms with van der Waals surface area (Å²) in [5.74, 6) is -4.25. The maximum Gasteiger partial charge on any atom is 0.268 e. The van der Waals surface area contributed by atoms with E-state index in [1.165, 1.54) is 6.20 Å². The Labute approximate surface area is 153 Å². The van der Waals surface area contributed by atoms with E-state index in [1.54, 1.807) is 30.3 Å². The summed E-state index contributed by atoms with van der Waals surface area (Å²) in [6.07, 6.45) is 0.831. The van der Waals surface area contributed by atoms with E-state index in [0.29, 0.717) is 16.8 Å². The number of anilines is 1. The van der Waals surface area contributed by atoms with Crippen LogP contribution in [0.3, 0.4) is 0 Å². The van der Waals surface area contributed by atoms with E-state index >= 15 is 0 Å². The number of nitrogens with two attached hydrogens (primary N) is 1. The second kappa shape index (κ2) is 7.15. The summed E-state index contributed by atoms with van der Waals surface area (Å²) in [5.41, 5.74) is 7.62. The Morgan fingerprint density at radius 1 is 1.41 bits per heavy atom. The van der Waals surface area contributed by atoms with Crippen molar-refractivity contribution in [2.24, 2.45) is 0 Å². The fraction of sp³-hybridized carbons (Fsp3) is 0.333. The molecule has 9 heteroatoms. The number of amides is 2. The highest BCUT2D eigenvalue weighted by Crippen LogP contribution is 2.31. The number of pyridine rings is 1. The fourth-order valence-electron chi connectivity index (χ4n) is 3.12. The number of nitrogen functional groups attached to an aromatic ring is 1. The number of nitrogens with one attached hydrogen (secondary N) is 1. The standard InChI is InChI=1S/C18H17F2N5O2/c19-18(20)7-12(8-21)25(10-18)16(27)9-24-15(26)6-11-4-5-23-17-13(11)2-1-3-14(17)22/h1-5,12H,6-7,9-10,22H2,(H,24,26)/t12-/m0/s1. The maximum absolute atomic E-state index is 13.4. The molecule has 140 valence electrons. The van der Waals surface area contributed by atoms with Crippen LogP contribution in [-0.2, 0) is 16.0 Å². The van der Waals surface area contributed by atoms with Crippen molar-refractivity contribution in [2.75, 3.05) is 18.8 Å². The van der Waals surface area contributed by atoms with Crippen molar-refractivity contribution >= 4 is 28.4 Å². The summed E-state index contributed by atoms with van der Waals surface area (Å²) >= 11 is 0. The summed E-state index contributed by atoms with van der Waals surface area (Å²) < 4.78 is 26.8. The van der Waals surface area contributed by atoms with Gasteiger partial charge in [0.2, 0.25) is 11.8 Å². The summed E-state index contributed by atoms with van der Waals surface area (Å²) in [6.45, 7) is -1.26. The molecule has 1 aliphatic heterocycles. The van der Waals surface area contributed by atoms with Gasteiger partial charge < -0.3 is 16.0 Å². The van der Waals surface area contributed by atoms with E-state index in [2.05, 4.69) is 10.3 Å². The third-order valence-corrected chi connectivity index (χ3v) is 4.42. The molecule has 0 spiro atoms. The summed E-state index contributed by atoms with van der Waals surface area (Å²) in [7, 11) is 0. The average molecular weight is 373 g/mol. The van der Waals surface area contributed by atoms with Crippen molar-refractivity contribution in [1.82, 2.24) is 15.2 Å². The number of para-hydroxylation sites is 1. The van der Waals surface area contributed by atoms with Crippen LogP contribution >= 0.6 is 0 Å². The van der Waals surface area contributed by atoms with Gasteiger partial charge in [0.05, 0.1) is 36.8 Å². The Hall–Kier alpha value is -3.28. The molecule has 0 saturated carbocycles. The third-order valence-electron chi connectivity index (χ3n) is 4.42. The van der Waals surface area contributed by atoms with Crippen LogP contribution < -0.4 is 11.1 Å². The first kappa shape index (κ1) is 18.5. The highest BCUT2D eigenvalue weighted by molar-refractivity contribution is 5.94. The molecular formula is C18H17F2N5O2. The van der Waals surface area contributed by atoms with Crippen LogP contribution in [0.15, 0.2) is 30.5 Å². The van der Waals surface area contributed by atoms with Gasteiger partial charge in [-0.05, 0) is 17.7 Å². The van der Waals surface area contributed by atoms with Crippen molar-refractivity contribution in [2.45, 2.75) is 24.8 Å². The number of carbonyl (C=O) groups excluding carboxylic acids is 2. The molecule has 3 rings (SSSR count). The number of alkyl halides is 2. The molecule has 2 heterocycles. The quantitative estimate of drug-likeness (QED) is 0.783. The van der Waals surface area contributed by atoms with Gasteiger partial charge in [-0.1, -0.05) is 12.1 Å². The largest absolute Gasteiger partial charge is 0.397 e. The van der Waals surface area contributed by atoms with Crippen molar-refractivity contribution in [1.29, 1.82) is 5.26 Å². The lowest BCUT2D eigenvalue weighted by molar-refractivity contribution is -0.133. The molecule has 7 nitrogen and oxygen atoms in total. The average Bonchev–Trinajstić information content (AvgIpc) is 2.95. The van der Waals surface area contributed by atoms with Gasteiger partial charge in [0.25, 0.3) is 5.92 Å². The van der Waals surface area contributed by atoms with Crippen LogP contribution in [0.4, 0.5) is 14.5 Å². The molecule has 1 aliphatic rings. The maximum atomic E-state index is 13.4. The first-order valence-electron chi connectivity index (χ1n) is 8.26. The van der Waals surface area contributed by atoms with Crippen LogP contribution in [0.2, 0.25) is 0 Å². The number of nitrogens with zero attached hydrogens (tertiary/aromatic N) is 3. The predicted molar refractivity (Wildman–Crippen MR) is 93.5 cm³/mol. The lowest BCUT2D eigenvalue weighted by atomic mass is 10.1. The normalized spacial score (nSPS) is 18.3. The Kier molecular flexibility index (Phi) is 4.90. The lowest BCUT2D eigenvalue weighted by Crippen LogP contribution is -2.43. The van der Waals surface area contributed by atoms with Crippen LogP contribution in [-0.4, -0.2) is 46.8 Å². The number of hydrogen-bond donors (Lipinski definition) is 2. The molecule has 0 bridgehead atoms. The summed E-state index contributed by atoms with van der Waals surface area (Å²) in [6, 6.07) is 7.43. The molecular weight excluding hydrogens is 356 g/mol. The van der Waals surface area contributed by atoms with Crippen molar-refractivity contribution < 1.29 is 18.4 Å². The highest BCUT2D eigenvalue weighted by Gasteiger charge is 2.47. The van der Waals surface area contributed by atoms with Crippen molar-refractivity contribution in [3.05, 3.63) is 36.0 Å². The molecule has 2 aromatic rings. The van der Waals surface area contributed by atoms with E-state index in [4.69, 9.17) is 11.0 Å². The van der Waals surface area contributed by atoms with E-state index in [9.17, 15) is 18.4 Å². The predicted octanol–water partition coefficient (Wildman–Crippen LogP) is 1.24. The van der Waals surface area contributed by atoms with E-state index < -0.39 is 43.3 Å². The Balaban J connectivity index is 1.63. The van der Waals surface area contributed by atoms with Crippen LogP contribution in [0.5, 0.6) is 0 Å². The number of halogens is 2. The zero-order valence-electron chi connectivity index (χ0n) is 14.3. The second-order valence-electron chi connectivity index (χ2n) is 6.39. The third kappa shape index (κ3) is 3.95. The zero-order valence-corrected chi connectivity index (χ0v) is 14.3. The second-order valence-corrected chi connectivity index (χ2v) is 6.39. The first-order chi connectivity index (χ1) is 12.8. The van der Waals surface area contributed by atoms with Gasteiger partial charge in [-0.3, -0.25) is 14.6 Å².